The Morgan fingerprint density at radius 3 is 2.23 bits per heavy atom. The van der Waals surface area contributed by atoms with Crippen molar-refractivity contribution >= 4 is 0 Å². The summed E-state index contributed by atoms with van der Waals surface area (Å²) in [5.74, 6) is 0. The van der Waals surface area contributed by atoms with E-state index in [2.05, 4.69) is 6.92 Å². The van der Waals surface area contributed by atoms with Crippen LogP contribution in [0.4, 0.5) is 0 Å². The number of unbranched alkanes of at least 4 members (excludes halogenated alkanes) is 4. The molecular weight excluding hydrogens is 288 g/mol. The molecule has 0 bridgehead atoms. The van der Waals surface area contributed by atoms with Crippen LogP contribution in [-0.2, 0) is 9.47 Å². The fourth-order valence-electron chi connectivity index (χ4n) is 2.71. The number of rotatable bonds is 10. The lowest BCUT2D eigenvalue weighted by Gasteiger charge is -2.40. The van der Waals surface area contributed by atoms with Gasteiger partial charge in [0.25, 0.3) is 0 Å². The van der Waals surface area contributed by atoms with Gasteiger partial charge in [0.2, 0.25) is 0 Å². The number of aliphatic hydroxyl groups is 4. The first-order valence-corrected chi connectivity index (χ1v) is 8.51. The van der Waals surface area contributed by atoms with E-state index in [1.165, 1.54) is 19.3 Å². The van der Waals surface area contributed by atoms with Gasteiger partial charge in [-0.1, -0.05) is 46.0 Å². The molecule has 132 valence electrons. The zero-order valence-corrected chi connectivity index (χ0v) is 13.7. The minimum atomic E-state index is -1.38. The molecule has 22 heavy (non-hydrogen) atoms. The minimum absolute atomic E-state index is 0.0666. The molecule has 6 nitrogen and oxygen atoms in total. The average Bonchev–Trinajstić information content (AvgIpc) is 2.53. The van der Waals surface area contributed by atoms with Crippen LogP contribution in [0.25, 0.3) is 0 Å². The first kappa shape index (κ1) is 19.8. The monoisotopic (exact) mass is 320 g/mol. The van der Waals surface area contributed by atoms with Gasteiger partial charge >= 0.3 is 0 Å². The highest BCUT2D eigenvalue weighted by molar-refractivity contribution is 4.89. The highest BCUT2D eigenvalue weighted by atomic mass is 16.7. The maximum atomic E-state index is 9.97. The maximum Gasteiger partial charge on any atom is 0.186 e. The number of ether oxygens (including phenoxy) is 2. The van der Waals surface area contributed by atoms with Crippen LogP contribution in [0.3, 0.4) is 0 Å². The Balaban J connectivity index is 2.43. The number of hydrogen-bond acceptors (Lipinski definition) is 6. The summed E-state index contributed by atoms with van der Waals surface area (Å²) in [6.07, 6.45) is 1.50. The van der Waals surface area contributed by atoms with E-state index >= 15 is 0 Å². The van der Waals surface area contributed by atoms with Gasteiger partial charge in [-0.25, -0.2) is 0 Å². The lowest BCUT2D eigenvalue weighted by Crippen LogP contribution is -2.59. The summed E-state index contributed by atoms with van der Waals surface area (Å²) in [5, 5.41) is 38.6. The molecule has 1 rings (SSSR count). The van der Waals surface area contributed by atoms with E-state index in [0.717, 1.165) is 25.7 Å². The van der Waals surface area contributed by atoms with Gasteiger partial charge in [0.1, 0.15) is 24.4 Å². The lowest BCUT2D eigenvalue weighted by atomic mass is 9.99. The van der Waals surface area contributed by atoms with E-state index < -0.39 is 37.3 Å². The lowest BCUT2D eigenvalue weighted by molar-refractivity contribution is -0.311. The Kier molecular flexibility index (Phi) is 9.47. The normalized spacial score (nSPS) is 33.8. The zero-order valence-electron chi connectivity index (χ0n) is 13.7. The van der Waals surface area contributed by atoms with Crippen molar-refractivity contribution in [3.63, 3.8) is 0 Å². The van der Waals surface area contributed by atoms with E-state index in [-0.39, 0.29) is 6.10 Å². The second-order valence-corrected chi connectivity index (χ2v) is 6.07. The van der Waals surface area contributed by atoms with E-state index in [0.29, 0.717) is 0 Å². The van der Waals surface area contributed by atoms with Gasteiger partial charge in [-0.15, -0.1) is 0 Å². The van der Waals surface area contributed by atoms with Crippen molar-refractivity contribution in [1.82, 2.24) is 0 Å². The van der Waals surface area contributed by atoms with Crippen molar-refractivity contribution in [1.29, 1.82) is 0 Å². The van der Waals surface area contributed by atoms with Crippen molar-refractivity contribution in [2.45, 2.75) is 95.6 Å². The first-order chi connectivity index (χ1) is 10.5. The predicted octanol–water partition coefficient (Wildman–Crippen LogP) is 0.942. The third kappa shape index (κ3) is 5.76. The third-order valence-corrected chi connectivity index (χ3v) is 4.26. The van der Waals surface area contributed by atoms with Crippen molar-refractivity contribution in [3.8, 4) is 0 Å². The molecule has 6 heteroatoms. The van der Waals surface area contributed by atoms with Gasteiger partial charge < -0.3 is 29.9 Å². The molecule has 0 aromatic carbocycles. The fraction of sp³-hybridized carbons (Fsp3) is 1.00. The van der Waals surface area contributed by atoms with Crippen molar-refractivity contribution < 1.29 is 29.9 Å². The molecule has 0 amide bonds. The van der Waals surface area contributed by atoms with Crippen LogP contribution in [0.5, 0.6) is 0 Å². The van der Waals surface area contributed by atoms with Gasteiger partial charge in [-0.05, 0) is 12.8 Å². The molecule has 1 fully saturated rings. The Hall–Kier alpha value is -0.240. The Morgan fingerprint density at radius 1 is 0.955 bits per heavy atom. The van der Waals surface area contributed by atoms with E-state index in [1.54, 1.807) is 0 Å². The molecule has 0 radical (unpaired) electrons. The van der Waals surface area contributed by atoms with Crippen LogP contribution in [0.1, 0.15) is 58.8 Å². The van der Waals surface area contributed by atoms with Crippen LogP contribution in [-0.4, -0.2) is 63.8 Å². The van der Waals surface area contributed by atoms with Crippen LogP contribution in [0.15, 0.2) is 0 Å². The summed E-state index contributed by atoms with van der Waals surface area (Å²) < 4.78 is 11.1. The Morgan fingerprint density at radius 2 is 1.64 bits per heavy atom. The van der Waals surface area contributed by atoms with Crippen LogP contribution < -0.4 is 0 Å². The van der Waals surface area contributed by atoms with Crippen LogP contribution in [0, 0.1) is 0 Å². The molecule has 0 aromatic heterocycles. The van der Waals surface area contributed by atoms with E-state index in [1.807, 2.05) is 6.92 Å². The van der Waals surface area contributed by atoms with Crippen molar-refractivity contribution in [2.75, 3.05) is 6.61 Å². The van der Waals surface area contributed by atoms with Crippen molar-refractivity contribution in [3.05, 3.63) is 0 Å². The molecule has 1 saturated heterocycles. The highest BCUT2D eigenvalue weighted by Gasteiger charge is 2.44. The molecule has 0 saturated carbocycles. The molecule has 0 aliphatic carbocycles. The molecule has 0 spiro atoms. The quantitative estimate of drug-likeness (QED) is 0.447. The van der Waals surface area contributed by atoms with Gasteiger partial charge in [-0.2, -0.15) is 0 Å². The predicted molar refractivity (Wildman–Crippen MR) is 82.3 cm³/mol. The second kappa shape index (κ2) is 10.5. The molecule has 6 atom stereocenters. The van der Waals surface area contributed by atoms with Crippen molar-refractivity contribution in [2.24, 2.45) is 0 Å². The first-order valence-electron chi connectivity index (χ1n) is 8.51. The van der Waals surface area contributed by atoms with Gasteiger partial charge in [0.05, 0.1) is 12.7 Å². The summed E-state index contributed by atoms with van der Waals surface area (Å²) in [4.78, 5) is 0. The largest absolute Gasteiger partial charge is 0.394 e. The summed E-state index contributed by atoms with van der Waals surface area (Å²) in [7, 11) is 0. The molecular formula is C16H32O6. The SMILES string of the molecule is CCCCCCCC(CC)OC1OC(CO)C(O)C(O)C1O. The summed E-state index contributed by atoms with van der Waals surface area (Å²) in [6.45, 7) is 3.75. The molecule has 4 N–H and O–H groups in total. The topological polar surface area (TPSA) is 99.4 Å². The number of aliphatic hydroxyl groups excluding tert-OH is 4. The molecule has 1 heterocycles. The zero-order chi connectivity index (χ0) is 16.5. The molecule has 6 unspecified atom stereocenters. The van der Waals surface area contributed by atoms with E-state index in [4.69, 9.17) is 14.6 Å². The molecule has 0 aromatic rings. The summed E-state index contributed by atoms with van der Waals surface area (Å²) >= 11 is 0. The fourth-order valence-corrected chi connectivity index (χ4v) is 2.71. The average molecular weight is 320 g/mol. The maximum absolute atomic E-state index is 9.97. The molecule has 1 aliphatic rings. The minimum Gasteiger partial charge on any atom is -0.394 e. The summed E-state index contributed by atoms with van der Waals surface area (Å²) in [6, 6.07) is 0. The van der Waals surface area contributed by atoms with Crippen LogP contribution in [0.2, 0.25) is 0 Å². The Labute approximate surface area is 133 Å². The Bertz CT molecular complexity index is 286. The van der Waals surface area contributed by atoms with Gasteiger partial charge in [0.15, 0.2) is 6.29 Å². The number of hydrogen-bond donors (Lipinski definition) is 4. The summed E-state index contributed by atoms with van der Waals surface area (Å²) in [5.41, 5.74) is 0. The van der Waals surface area contributed by atoms with Gasteiger partial charge in [-0.3, -0.25) is 0 Å². The smallest absolute Gasteiger partial charge is 0.186 e. The molecule has 1 aliphatic heterocycles. The third-order valence-electron chi connectivity index (χ3n) is 4.26. The standard InChI is InChI=1S/C16H32O6/c1-3-5-6-7-8-9-11(4-2)21-16-15(20)14(19)13(18)12(10-17)22-16/h11-20H,3-10H2,1-2H3. The van der Waals surface area contributed by atoms with Crippen LogP contribution >= 0.6 is 0 Å². The van der Waals surface area contributed by atoms with Gasteiger partial charge in [0, 0.05) is 0 Å². The van der Waals surface area contributed by atoms with E-state index in [9.17, 15) is 15.3 Å². The highest BCUT2D eigenvalue weighted by Crippen LogP contribution is 2.24. The second-order valence-electron chi connectivity index (χ2n) is 6.07.